The van der Waals surface area contributed by atoms with Crippen molar-refractivity contribution >= 4 is 23.2 Å². The fraction of sp³-hybridized carbons (Fsp3) is 0.294. The highest BCUT2D eigenvalue weighted by atomic mass is 35.5. The average molecular weight is 325 g/mol. The smallest absolute Gasteiger partial charge is 0.133 e. The van der Waals surface area contributed by atoms with Gasteiger partial charge < -0.3 is 9.84 Å². The molecule has 2 aromatic rings. The predicted molar refractivity (Wildman–Crippen MR) is 87.5 cm³/mol. The van der Waals surface area contributed by atoms with E-state index in [0.29, 0.717) is 28.8 Å². The Kier molecular flexibility index (Phi) is 5.51. The summed E-state index contributed by atoms with van der Waals surface area (Å²) in [5, 5.41) is 11.3. The lowest BCUT2D eigenvalue weighted by Crippen LogP contribution is -2.22. The highest BCUT2D eigenvalue weighted by Gasteiger charge is 2.26. The summed E-state index contributed by atoms with van der Waals surface area (Å²) in [5.41, 5.74) is -0.220. The van der Waals surface area contributed by atoms with Gasteiger partial charge in [0.05, 0.1) is 5.60 Å². The number of hydrogen-bond donors (Lipinski definition) is 1. The van der Waals surface area contributed by atoms with E-state index in [9.17, 15) is 5.11 Å². The fourth-order valence-electron chi connectivity index (χ4n) is 2.18. The molecule has 0 saturated heterocycles. The molecule has 0 radical (unpaired) electrons. The quantitative estimate of drug-likeness (QED) is 0.725. The molecule has 0 amide bonds. The second-order valence-corrected chi connectivity index (χ2v) is 5.93. The molecule has 0 spiro atoms. The van der Waals surface area contributed by atoms with Gasteiger partial charge >= 0.3 is 0 Å². The van der Waals surface area contributed by atoms with E-state index in [1.807, 2.05) is 24.3 Å². The molecule has 0 aliphatic heterocycles. The highest BCUT2D eigenvalue weighted by molar-refractivity contribution is 6.30. The van der Waals surface area contributed by atoms with Gasteiger partial charge in [0, 0.05) is 16.5 Å². The summed E-state index contributed by atoms with van der Waals surface area (Å²) in [6.07, 6.45) is 1.32. The SMILES string of the molecule is CC(O)(CCCCl)c1ccccc1Oc1ccc(Cl)cc1. The van der Waals surface area contributed by atoms with Gasteiger partial charge in [0.25, 0.3) is 0 Å². The van der Waals surface area contributed by atoms with Crippen molar-refractivity contribution in [3.8, 4) is 11.5 Å². The molecule has 21 heavy (non-hydrogen) atoms. The molecule has 112 valence electrons. The molecule has 2 nitrogen and oxygen atoms in total. The van der Waals surface area contributed by atoms with E-state index < -0.39 is 5.60 Å². The molecule has 2 rings (SSSR count). The van der Waals surface area contributed by atoms with Crippen LogP contribution in [-0.2, 0) is 5.60 Å². The minimum Gasteiger partial charge on any atom is -0.457 e. The molecule has 0 aliphatic carbocycles. The van der Waals surface area contributed by atoms with Crippen molar-refractivity contribution in [2.24, 2.45) is 0 Å². The van der Waals surface area contributed by atoms with Crippen molar-refractivity contribution in [1.29, 1.82) is 0 Å². The van der Waals surface area contributed by atoms with E-state index in [4.69, 9.17) is 27.9 Å². The number of hydrogen-bond acceptors (Lipinski definition) is 2. The molecule has 2 aromatic carbocycles. The van der Waals surface area contributed by atoms with Crippen LogP contribution in [0.2, 0.25) is 5.02 Å². The Labute approximate surface area is 135 Å². The summed E-state index contributed by atoms with van der Waals surface area (Å²) in [5.74, 6) is 1.84. The van der Waals surface area contributed by atoms with Crippen LogP contribution < -0.4 is 4.74 Å². The molecule has 0 bridgehead atoms. The van der Waals surface area contributed by atoms with Crippen LogP contribution >= 0.6 is 23.2 Å². The van der Waals surface area contributed by atoms with E-state index in [2.05, 4.69) is 0 Å². The molecule has 1 N–H and O–H groups in total. The lowest BCUT2D eigenvalue weighted by Gasteiger charge is -2.26. The fourth-order valence-corrected chi connectivity index (χ4v) is 2.44. The number of para-hydroxylation sites is 1. The number of alkyl halides is 1. The van der Waals surface area contributed by atoms with Gasteiger partial charge in [-0.1, -0.05) is 29.8 Å². The van der Waals surface area contributed by atoms with Gasteiger partial charge in [-0.2, -0.15) is 0 Å². The predicted octanol–water partition coefficient (Wildman–Crippen LogP) is 5.36. The van der Waals surface area contributed by atoms with Gasteiger partial charge in [-0.3, -0.25) is 0 Å². The standard InChI is InChI=1S/C17H18Cl2O2/c1-17(20,11-4-12-18)15-5-2-3-6-16(15)21-14-9-7-13(19)8-10-14/h2-3,5-10,20H,4,11-12H2,1H3. The summed E-state index contributed by atoms with van der Waals surface area (Å²) in [6, 6.07) is 14.6. The zero-order valence-corrected chi connectivity index (χ0v) is 13.4. The zero-order valence-electron chi connectivity index (χ0n) is 11.9. The van der Waals surface area contributed by atoms with Crippen LogP contribution in [0.3, 0.4) is 0 Å². The van der Waals surface area contributed by atoms with Crippen molar-refractivity contribution in [1.82, 2.24) is 0 Å². The van der Waals surface area contributed by atoms with Gasteiger partial charge in [-0.15, -0.1) is 11.6 Å². The molecular formula is C17H18Cl2O2. The summed E-state index contributed by atoms with van der Waals surface area (Å²) in [7, 11) is 0. The van der Waals surface area contributed by atoms with Crippen LogP contribution in [0, 0.1) is 0 Å². The molecule has 4 heteroatoms. The van der Waals surface area contributed by atoms with Crippen LogP contribution in [0.4, 0.5) is 0 Å². The van der Waals surface area contributed by atoms with Crippen LogP contribution in [0.25, 0.3) is 0 Å². The Balaban J connectivity index is 2.26. The molecule has 0 aliphatic rings. The van der Waals surface area contributed by atoms with Crippen LogP contribution in [-0.4, -0.2) is 11.0 Å². The first-order valence-electron chi connectivity index (χ1n) is 6.84. The van der Waals surface area contributed by atoms with Gasteiger partial charge in [-0.25, -0.2) is 0 Å². The number of rotatable bonds is 6. The third-order valence-electron chi connectivity index (χ3n) is 3.31. The molecule has 0 saturated carbocycles. The van der Waals surface area contributed by atoms with E-state index >= 15 is 0 Å². The monoisotopic (exact) mass is 324 g/mol. The van der Waals surface area contributed by atoms with Gasteiger partial charge in [0.1, 0.15) is 11.5 Å². The van der Waals surface area contributed by atoms with E-state index in [1.165, 1.54) is 0 Å². The first kappa shape index (κ1) is 16.2. The van der Waals surface area contributed by atoms with E-state index in [0.717, 1.165) is 12.0 Å². The first-order valence-corrected chi connectivity index (χ1v) is 7.75. The van der Waals surface area contributed by atoms with Crippen molar-refractivity contribution < 1.29 is 9.84 Å². The second-order valence-electron chi connectivity index (χ2n) is 5.12. The molecule has 0 heterocycles. The Morgan fingerprint density at radius 2 is 1.76 bits per heavy atom. The van der Waals surface area contributed by atoms with Crippen molar-refractivity contribution in [3.05, 3.63) is 59.1 Å². The van der Waals surface area contributed by atoms with Crippen molar-refractivity contribution in [2.75, 3.05) is 5.88 Å². The average Bonchev–Trinajstić information content (AvgIpc) is 2.48. The second kappa shape index (κ2) is 7.17. The number of halogens is 2. The van der Waals surface area contributed by atoms with Crippen molar-refractivity contribution in [3.63, 3.8) is 0 Å². The third kappa shape index (κ3) is 4.37. The van der Waals surface area contributed by atoms with Crippen LogP contribution in [0.1, 0.15) is 25.3 Å². The Morgan fingerprint density at radius 1 is 1.10 bits per heavy atom. The lowest BCUT2D eigenvalue weighted by molar-refractivity contribution is 0.0452. The maximum absolute atomic E-state index is 10.7. The Hall–Kier alpha value is -1.22. The number of aliphatic hydroxyl groups is 1. The topological polar surface area (TPSA) is 29.5 Å². The zero-order chi connectivity index (χ0) is 15.3. The molecule has 1 unspecified atom stereocenters. The summed E-state index contributed by atoms with van der Waals surface area (Å²) < 4.78 is 5.88. The molecule has 0 fully saturated rings. The van der Waals surface area contributed by atoms with Crippen LogP contribution in [0.15, 0.2) is 48.5 Å². The summed E-state index contributed by atoms with van der Waals surface area (Å²) in [4.78, 5) is 0. The molecule has 0 aromatic heterocycles. The Bertz CT molecular complexity index is 580. The minimum absolute atomic E-state index is 0.524. The highest BCUT2D eigenvalue weighted by Crippen LogP contribution is 2.35. The lowest BCUT2D eigenvalue weighted by atomic mass is 9.90. The maximum atomic E-state index is 10.7. The maximum Gasteiger partial charge on any atom is 0.133 e. The van der Waals surface area contributed by atoms with Gasteiger partial charge in [-0.05, 0) is 50.1 Å². The number of ether oxygens (including phenoxy) is 1. The number of benzene rings is 2. The van der Waals surface area contributed by atoms with Gasteiger partial charge in [0.2, 0.25) is 0 Å². The third-order valence-corrected chi connectivity index (χ3v) is 3.83. The van der Waals surface area contributed by atoms with Crippen molar-refractivity contribution in [2.45, 2.75) is 25.4 Å². The summed E-state index contributed by atoms with van der Waals surface area (Å²) in [6.45, 7) is 1.78. The van der Waals surface area contributed by atoms with E-state index in [-0.39, 0.29) is 0 Å². The van der Waals surface area contributed by atoms with Crippen LogP contribution in [0.5, 0.6) is 11.5 Å². The molecule has 1 atom stereocenters. The Morgan fingerprint density at radius 3 is 2.43 bits per heavy atom. The normalized spacial score (nSPS) is 13.7. The first-order chi connectivity index (χ1) is 10.0. The van der Waals surface area contributed by atoms with E-state index in [1.54, 1.807) is 31.2 Å². The largest absolute Gasteiger partial charge is 0.457 e. The van der Waals surface area contributed by atoms with Gasteiger partial charge in [0.15, 0.2) is 0 Å². The molecular weight excluding hydrogens is 307 g/mol. The summed E-state index contributed by atoms with van der Waals surface area (Å²) >= 11 is 11.6. The minimum atomic E-state index is -0.974.